The molecule has 0 saturated heterocycles. The number of rotatable bonds is 24. The first kappa shape index (κ1) is 34.9. The molecule has 0 aliphatic heterocycles. The Hall–Kier alpha value is -1.15. The van der Waals surface area contributed by atoms with Crippen LogP contribution in [0.3, 0.4) is 0 Å². The van der Waals surface area contributed by atoms with Gasteiger partial charge in [0.1, 0.15) is 0 Å². The molecular formula is C28H54O7S. The number of carboxylic acid groups (broad SMARTS) is 2. The van der Waals surface area contributed by atoms with E-state index in [1.807, 2.05) is 13.8 Å². The van der Waals surface area contributed by atoms with Crippen molar-refractivity contribution in [3.63, 3.8) is 0 Å². The smallest absolute Gasteiger partial charge is 0.328 e. The fourth-order valence-electron chi connectivity index (χ4n) is 5.46. The first-order valence-electron chi connectivity index (χ1n) is 14.4. The van der Waals surface area contributed by atoms with Gasteiger partial charge in [-0.15, -0.1) is 0 Å². The van der Waals surface area contributed by atoms with Crippen LogP contribution in [0.1, 0.15) is 143 Å². The zero-order chi connectivity index (χ0) is 27.6. The summed E-state index contributed by atoms with van der Waals surface area (Å²) in [5, 5.41) is 20.5. The molecule has 0 aliphatic rings. The largest absolute Gasteiger partial charge is 0.481 e. The van der Waals surface area contributed by atoms with Crippen LogP contribution in [0.5, 0.6) is 0 Å². The molecule has 0 bridgehead atoms. The second kappa shape index (κ2) is 19.0. The average Bonchev–Trinajstić information content (AvgIpc) is 2.81. The normalized spacial score (nSPS) is 16.2. The molecule has 36 heavy (non-hydrogen) atoms. The summed E-state index contributed by atoms with van der Waals surface area (Å²) in [6, 6.07) is 0. The van der Waals surface area contributed by atoms with E-state index in [0.29, 0.717) is 12.8 Å². The molecule has 214 valence electrons. The maximum atomic E-state index is 12.8. The lowest BCUT2D eigenvalue weighted by Crippen LogP contribution is -2.56. The predicted octanol–water partition coefficient (Wildman–Crippen LogP) is 7.73. The van der Waals surface area contributed by atoms with Gasteiger partial charge in [0.15, 0.2) is 0 Å². The lowest BCUT2D eigenvalue weighted by atomic mass is 9.75. The zero-order valence-electron chi connectivity index (χ0n) is 23.3. The topological polar surface area (TPSA) is 129 Å². The van der Waals surface area contributed by atoms with Gasteiger partial charge in [-0.05, 0) is 24.7 Å². The van der Waals surface area contributed by atoms with Crippen LogP contribution in [-0.2, 0) is 19.7 Å². The Bertz CT molecular complexity index is 707. The third kappa shape index (κ3) is 11.9. The third-order valence-corrected chi connectivity index (χ3v) is 9.25. The highest BCUT2D eigenvalue weighted by Gasteiger charge is 2.60. The highest BCUT2D eigenvalue weighted by molar-refractivity contribution is 7.88. The van der Waals surface area contributed by atoms with Gasteiger partial charge in [-0.2, -0.15) is 8.42 Å². The van der Waals surface area contributed by atoms with Crippen molar-refractivity contribution < 1.29 is 32.8 Å². The molecule has 0 aliphatic carbocycles. The van der Waals surface area contributed by atoms with Crippen molar-refractivity contribution >= 4 is 22.1 Å². The SMILES string of the molecule is CCCCCCC(CCCC)CC(C(=O)O)C(CC(CCCC)CCCCCC)(C(=O)O)S(=O)(=O)O. The molecule has 0 spiro atoms. The number of hydrogen-bond acceptors (Lipinski definition) is 4. The maximum absolute atomic E-state index is 12.8. The van der Waals surface area contributed by atoms with Crippen molar-refractivity contribution in [1.29, 1.82) is 0 Å². The molecule has 0 amide bonds. The first-order valence-corrected chi connectivity index (χ1v) is 15.9. The van der Waals surface area contributed by atoms with Gasteiger partial charge in [0.05, 0.1) is 5.92 Å². The van der Waals surface area contributed by atoms with Gasteiger partial charge in [-0.3, -0.25) is 14.1 Å². The molecule has 3 N–H and O–H groups in total. The van der Waals surface area contributed by atoms with Crippen LogP contribution in [-0.4, -0.2) is 39.9 Å². The first-order chi connectivity index (χ1) is 17.0. The Balaban J connectivity index is 6.23. The predicted molar refractivity (Wildman–Crippen MR) is 146 cm³/mol. The van der Waals surface area contributed by atoms with Gasteiger partial charge in [0, 0.05) is 0 Å². The van der Waals surface area contributed by atoms with E-state index in [1.54, 1.807) is 0 Å². The van der Waals surface area contributed by atoms with Crippen LogP contribution >= 0.6 is 0 Å². The van der Waals surface area contributed by atoms with E-state index in [0.717, 1.165) is 89.9 Å². The highest BCUT2D eigenvalue weighted by atomic mass is 32.2. The molecule has 0 saturated carbocycles. The van der Waals surface area contributed by atoms with E-state index < -0.39 is 32.7 Å². The number of unbranched alkanes of at least 4 members (excludes halogenated alkanes) is 8. The summed E-state index contributed by atoms with van der Waals surface area (Å²) in [4.78, 5) is 25.2. The molecule has 0 aromatic heterocycles. The van der Waals surface area contributed by atoms with Crippen LogP contribution in [0.15, 0.2) is 0 Å². The summed E-state index contributed by atoms with van der Waals surface area (Å²) in [7, 11) is -5.20. The van der Waals surface area contributed by atoms with Crippen molar-refractivity contribution in [1.82, 2.24) is 0 Å². The standard InChI is InChI=1S/C28H54O7S/c1-5-9-13-15-19-23(17-11-7-3)21-25(26(29)30)28(27(31)32,36(33,34)35)22-24(18-12-8-4)20-16-14-10-6-2/h23-25H,5-22H2,1-4H3,(H,29,30)(H,31,32)(H,33,34,35). The second-order valence-corrected chi connectivity index (χ2v) is 12.4. The van der Waals surface area contributed by atoms with E-state index in [9.17, 15) is 32.8 Å². The summed E-state index contributed by atoms with van der Waals surface area (Å²) >= 11 is 0. The van der Waals surface area contributed by atoms with Gasteiger partial charge < -0.3 is 10.2 Å². The number of aliphatic carboxylic acids is 2. The molecule has 0 aromatic carbocycles. The fourth-order valence-corrected chi connectivity index (χ4v) is 6.68. The fraction of sp³-hybridized carbons (Fsp3) is 0.929. The monoisotopic (exact) mass is 534 g/mol. The van der Waals surface area contributed by atoms with Crippen molar-refractivity contribution in [2.45, 2.75) is 148 Å². The Kier molecular flexibility index (Phi) is 18.4. The summed E-state index contributed by atoms with van der Waals surface area (Å²) in [6.07, 6.45) is 13.7. The van der Waals surface area contributed by atoms with Crippen molar-refractivity contribution in [3.8, 4) is 0 Å². The van der Waals surface area contributed by atoms with Crippen molar-refractivity contribution in [2.24, 2.45) is 17.8 Å². The Morgan fingerprint density at radius 2 is 1.08 bits per heavy atom. The lowest BCUT2D eigenvalue weighted by molar-refractivity contribution is -0.153. The van der Waals surface area contributed by atoms with E-state index in [-0.39, 0.29) is 24.7 Å². The maximum Gasteiger partial charge on any atom is 0.328 e. The molecule has 0 heterocycles. The molecular weight excluding hydrogens is 480 g/mol. The Morgan fingerprint density at radius 1 is 0.667 bits per heavy atom. The Morgan fingerprint density at radius 3 is 1.47 bits per heavy atom. The van der Waals surface area contributed by atoms with Crippen LogP contribution in [0, 0.1) is 17.8 Å². The number of carbonyl (C=O) groups is 2. The highest BCUT2D eigenvalue weighted by Crippen LogP contribution is 2.42. The minimum atomic E-state index is -5.20. The molecule has 7 nitrogen and oxygen atoms in total. The lowest BCUT2D eigenvalue weighted by Gasteiger charge is -2.36. The van der Waals surface area contributed by atoms with Crippen LogP contribution in [0.25, 0.3) is 0 Å². The average molecular weight is 535 g/mol. The molecule has 0 fully saturated rings. The molecule has 4 unspecified atom stereocenters. The van der Waals surface area contributed by atoms with E-state index in [4.69, 9.17) is 0 Å². The zero-order valence-corrected chi connectivity index (χ0v) is 24.2. The summed E-state index contributed by atoms with van der Waals surface area (Å²) in [5.41, 5.74) is 0. The molecule has 4 atom stereocenters. The minimum absolute atomic E-state index is 0.0517. The second-order valence-electron chi connectivity index (χ2n) is 10.7. The van der Waals surface area contributed by atoms with Crippen LogP contribution in [0.4, 0.5) is 0 Å². The Labute approximate surface area is 220 Å². The molecule has 8 heteroatoms. The summed E-state index contributed by atoms with van der Waals surface area (Å²) in [6.45, 7) is 8.26. The van der Waals surface area contributed by atoms with Crippen LogP contribution < -0.4 is 0 Å². The number of hydrogen-bond donors (Lipinski definition) is 3. The third-order valence-electron chi connectivity index (χ3n) is 7.71. The molecule has 0 rings (SSSR count). The quantitative estimate of drug-likeness (QED) is 0.0853. The number of carboxylic acids is 2. The minimum Gasteiger partial charge on any atom is -0.481 e. The molecule has 0 aromatic rings. The van der Waals surface area contributed by atoms with E-state index in [2.05, 4.69) is 13.8 Å². The van der Waals surface area contributed by atoms with Crippen LogP contribution in [0.2, 0.25) is 0 Å². The van der Waals surface area contributed by atoms with Crippen molar-refractivity contribution in [2.75, 3.05) is 0 Å². The van der Waals surface area contributed by atoms with E-state index in [1.165, 1.54) is 0 Å². The summed E-state index contributed by atoms with van der Waals surface area (Å²) < 4.78 is 33.3. The van der Waals surface area contributed by atoms with Crippen molar-refractivity contribution in [3.05, 3.63) is 0 Å². The van der Waals surface area contributed by atoms with Gasteiger partial charge in [-0.1, -0.05) is 130 Å². The van der Waals surface area contributed by atoms with Gasteiger partial charge >= 0.3 is 11.9 Å². The summed E-state index contributed by atoms with van der Waals surface area (Å²) in [5.74, 6) is -5.27. The van der Waals surface area contributed by atoms with Gasteiger partial charge in [0.25, 0.3) is 10.1 Å². The van der Waals surface area contributed by atoms with Gasteiger partial charge in [0.2, 0.25) is 4.75 Å². The van der Waals surface area contributed by atoms with E-state index >= 15 is 0 Å². The molecule has 0 radical (unpaired) electrons. The van der Waals surface area contributed by atoms with Gasteiger partial charge in [-0.25, -0.2) is 0 Å².